The lowest BCUT2D eigenvalue weighted by atomic mass is 10.2. The number of hydrogen-bond acceptors (Lipinski definition) is 3. The van der Waals surface area contributed by atoms with E-state index in [9.17, 15) is 9.59 Å². The van der Waals surface area contributed by atoms with Crippen LogP contribution in [0.4, 0.5) is 5.69 Å². The summed E-state index contributed by atoms with van der Waals surface area (Å²) in [6.07, 6.45) is 0. The topological polar surface area (TPSA) is 75.6 Å². The molecule has 0 aliphatic rings. The first-order valence-corrected chi connectivity index (χ1v) is 6.92. The zero-order valence-electron chi connectivity index (χ0n) is 11.2. The largest absolute Gasteiger partial charge is 0.484 e. The van der Waals surface area contributed by atoms with Crippen LogP contribution >= 0.6 is 23.2 Å². The van der Waals surface area contributed by atoms with E-state index >= 15 is 0 Å². The Balaban J connectivity index is 1.94. The Morgan fingerprint density at radius 1 is 1.09 bits per heavy atom. The number of carbonyl (C=O) groups is 2. The molecule has 0 heterocycles. The SMILES string of the molecule is O=C(COc1ccc(Cl)c(Cl)c1)Nc1cccc(C(=O)O)c1. The first kappa shape index (κ1) is 16.1. The molecule has 2 aromatic rings. The molecule has 5 nitrogen and oxygen atoms in total. The van der Waals surface area contributed by atoms with Gasteiger partial charge in [-0.05, 0) is 30.3 Å². The van der Waals surface area contributed by atoms with Gasteiger partial charge in [-0.15, -0.1) is 0 Å². The maximum Gasteiger partial charge on any atom is 0.335 e. The van der Waals surface area contributed by atoms with E-state index in [-0.39, 0.29) is 12.2 Å². The number of halogens is 2. The van der Waals surface area contributed by atoms with Gasteiger partial charge in [0.05, 0.1) is 15.6 Å². The van der Waals surface area contributed by atoms with Crippen molar-refractivity contribution in [1.82, 2.24) is 0 Å². The van der Waals surface area contributed by atoms with E-state index in [4.69, 9.17) is 33.0 Å². The number of amides is 1. The van der Waals surface area contributed by atoms with Gasteiger partial charge in [-0.1, -0.05) is 29.3 Å². The summed E-state index contributed by atoms with van der Waals surface area (Å²) in [4.78, 5) is 22.6. The van der Waals surface area contributed by atoms with Crippen molar-refractivity contribution in [2.45, 2.75) is 0 Å². The van der Waals surface area contributed by atoms with Crippen molar-refractivity contribution in [1.29, 1.82) is 0 Å². The molecule has 0 saturated carbocycles. The molecule has 22 heavy (non-hydrogen) atoms. The van der Waals surface area contributed by atoms with Crippen molar-refractivity contribution < 1.29 is 19.4 Å². The summed E-state index contributed by atoms with van der Waals surface area (Å²) in [5, 5.41) is 12.2. The molecule has 0 radical (unpaired) electrons. The van der Waals surface area contributed by atoms with Crippen LogP contribution in [-0.2, 0) is 4.79 Å². The van der Waals surface area contributed by atoms with Gasteiger partial charge in [0.2, 0.25) is 0 Å². The van der Waals surface area contributed by atoms with Crippen molar-refractivity contribution in [3.63, 3.8) is 0 Å². The van der Waals surface area contributed by atoms with Crippen LogP contribution in [0.15, 0.2) is 42.5 Å². The molecule has 0 atom stereocenters. The van der Waals surface area contributed by atoms with E-state index in [2.05, 4.69) is 5.32 Å². The van der Waals surface area contributed by atoms with Crippen LogP contribution in [0.2, 0.25) is 10.0 Å². The van der Waals surface area contributed by atoms with Gasteiger partial charge in [-0.2, -0.15) is 0 Å². The maximum absolute atomic E-state index is 11.8. The number of carboxylic acid groups (broad SMARTS) is 1. The number of rotatable bonds is 5. The standard InChI is InChI=1S/C15H11Cl2NO4/c16-12-5-4-11(7-13(12)17)22-8-14(19)18-10-3-1-2-9(6-10)15(20)21/h1-7H,8H2,(H,18,19)(H,20,21). The van der Waals surface area contributed by atoms with E-state index in [0.29, 0.717) is 21.5 Å². The molecule has 1 amide bonds. The third-order valence-corrected chi connectivity index (χ3v) is 3.39. The highest BCUT2D eigenvalue weighted by Gasteiger charge is 2.08. The number of benzene rings is 2. The molecule has 2 aromatic carbocycles. The Labute approximate surface area is 136 Å². The van der Waals surface area contributed by atoms with Gasteiger partial charge in [0.1, 0.15) is 5.75 Å². The quantitative estimate of drug-likeness (QED) is 0.870. The number of nitrogens with one attached hydrogen (secondary N) is 1. The van der Waals surface area contributed by atoms with E-state index in [1.165, 1.54) is 18.2 Å². The lowest BCUT2D eigenvalue weighted by molar-refractivity contribution is -0.118. The molecule has 0 saturated heterocycles. The summed E-state index contributed by atoms with van der Waals surface area (Å²) in [6, 6.07) is 10.6. The molecule has 2 rings (SSSR count). The molecule has 0 aromatic heterocycles. The minimum atomic E-state index is -1.07. The first-order chi connectivity index (χ1) is 10.5. The van der Waals surface area contributed by atoms with E-state index in [1.807, 2.05) is 0 Å². The highest BCUT2D eigenvalue weighted by Crippen LogP contribution is 2.26. The molecule has 0 unspecified atom stereocenters. The highest BCUT2D eigenvalue weighted by molar-refractivity contribution is 6.42. The van der Waals surface area contributed by atoms with Gasteiger partial charge in [-0.25, -0.2) is 4.79 Å². The van der Waals surface area contributed by atoms with Gasteiger partial charge in [0, 0.05) is 11.8 Å². The average Bonchev–Trinajstić information content (AvgIpc) is 2.49. The third kappa shape index (κ3) is 4.38. The van der Waals surface area contributed by atoms with Crippen molar-refractivity contribution in [3.8, 4) is 5.75 Å². The van der Waals surface area contributed by atoms with E-state index in [1.54, 1.807) is 24.3 Å². The molecule has 114 valence electrons. The van der Waals surface area contributed by atoms with Crippen LogP contribution < -0.4 is 10.1 Å². The first-order valence-electron chi connectivity index (χ1n) is 6.17. The number of ether oxygens (including phenoxy) is 1. The predicted octanol–water partition coefficient (Wildman–Crippen LogP) is 3.71. The van der Waals surface area contributed by atoms with Crippen molar-refractivity contribution in [3.05, 3.63) is 58.1 Å². The van der Waals surface area contributed by atoms with E-state index in [0.717, 1.165) is 0 Å². The molecule has 0 fully saturated rings. The lowest BCUT2D eigenvalue weighted by Gasteiger charge is -2.08. The van der Waals surface area contributed by atoms with Gasteiger partial charge in [-0.3, -0.25) is 4.79 Å². The van der Waals surface area contributed by atoms with Crippen LogP contribution in [-0.4, -0.2) is 23.6 Å². The zero-order valence-corrected chi connectivity index (χ0v) is 12.7. The number of carboxylic acids is 1. The van der Waals surface area contributed by atoms with Crippen LogP contribution in [0.5, 0.6) is 5.75 Å². The predicted molar refractivity (Wildman–Crippen MR) is 84.0 cm³/mol. The monoisotopic (exact) mass is 339 g/mol. The molecule has 7 heteroatoms. The van der Waals surface area contributed by atoms with Gasteiger partial charge < -0.3 is 15.2 Å². The maximum atomic E-state index is 11.8. The Kier molecular flexibility index (Phi) is 5.25. The second-order valence-corrected chi connectivity index (χ2v) is 5.11. The second-order valence-electron chi connectivity index (χ2n) is 4.30. The van der Waals surface area contributed by atoms with Crippen molar-refractivity contribution in [2.24, 2.45) is 0 Å². The van der Waals surface area contributed by atoms with Gasteiger partial charge in [0.15, 0.2) is 6.61 Å². The lowest BCUT2D eigenvalue weighted by Crippen LogP contribution is -2.20. The molecule has 0 bridgehead atoms. The number of carbonyl (C=O) groups excluding carboxylic acids is 1. The van der Waals surface area contributed by atoms with Crippen molar-refractivity contribution >= 4 is 40.8 Å². The number of hydrogen-bond donors (Lipinski definition) is 2. The van der Waals surface area contributed by atoms with Gasteiger partial charge >= 0.3 is 5.97 Å². The summed E-state index contributed by atoms with van der Waals surface area (Å²) in [5.41, 5.74) is 0.464. The highest BCUT2D eigenvalue weighted by atomic mass is 35.5. The second kappa shape index (κ2) is 7.15. The Morgan fingerprint density at radius 3 is 2.55 bits per heavy atom. The van der Waals surface area contributed by atoms with Crippen LogP contribution in [0.3, 0.4) is 0 Å². The fraction of sp³-hybridized carbons (Fsp3) is 0.0667. The number of anilines is 1. The summed E-state index contributed by atoms with van der Waals surface area (Å²) in [7, 11) is 0. The van der Waals surface area contributed by atoms with Crippen LogP contribution in [0.1, 0.15) is 10.4 Å². The summed E-state index contributed by atoms with van der Waals surface area (Å²) in [6.45, 7) is -0.241. The van der Waals surface area contributed by atoms with E-state index < -0.39 is 11.9 Å². The molecule has 0 aliphatic carbocycles. The zero-order chi connectivity index (χ0) is 16.1. The molecule has 2 N–H and O–H groups in total. The Hall–Kier alpha value is -2.24. The fourth-order valence-electron chi connectivity index (χ4n) is 1.64. The molecular formula is C15H11Cl2NO4. The normalized spacial score (nSPS) is 10.1. The summed E-state index contributed by atoms with van der Waals surface area (Å²) >= 11 is 11.6. The number of aromatic carboxylic acids is 1. The summed E-state index contributed by atoms with van der Waals surface area (Å²) < 4.78 is 5.28. The molecule has 0 spiro atoms. The molecule has 0 aliphatic heterocycles. The van der Waals surface area contributed by atoms with Gasteiger partial charge in [0.25, 0.3) is 5.91 Å². The molecular weight excluding hydrogens is 329 g/mol. The Bertz CT molecular complexity index is 718. The summed E-state index contributed by atoms with van der Waals surface area (Å²) in [5.74, 6) is -1.08. The van der Waals surface area contributed by atoms with Crippen LogP contribution in [0, 0.1) is 0 Å². The Morgan fingerprint density at radius 2 is 1.86 bits per heavy atom. The van der Waals surface area contributed by atoms with Crippen molar-refractivity contribution in [2.75, 3.05) is 11.9 Å². The van der Waals surface area contributed by atoms with Crippen LogP contribution in [0.25, 0.3) is 0 Å². The minimum absolute atomic E-state index is 0.0863. The third-order valence-electron chi connectivity index (χ3n) is 2.65. The minimum Gasteiger partial charge on any atom is -0.484 e. The fourth-order valence-corrected chi connectivity index (χ4v) is 1.93. The average molecular weight is 340 g/mol. The smallest absolute Gasteiger partial charge is 0.335 e.